The molecule has 0 bridgehead atoms. The highest BCUT2D eigenvalue weighted by atomic mass is 29.6. The molecule has 0 spiro atoms. The summed E-state index contributed by atoms with van der Waals surface area (Å²) in [5.41, 5.74) is 0. The molecule has 0 saturated carbocycles. The first-order valence-corrected chi connectivity index (χ1v) is 35.6. The van der Waals surface area contributed by atoms with Gasteiger partial charge < -0.3 is 4.43 Å². The van der Waals surface area contributed by atoms with E-state index in [1.165, 1.54) is 212 Å². The van der Waals surface area contributed by atoms with Gasteiger partial charge in [-0.2, -0.15) is 0 Å². The van der Waals surface area contributed by atoms with Crippen LogP contribution in [0.4, 0.5) is 0 Å². The molecule has 0 radical (unpaired) electrons. The molecule has 0 unspecified atom stereocenters. The lowest BCUT2D eigenvalue weighted by Crippen LogP contribution is -2.81. The zero-order chi connectivity index (χ0) is 39.3. The van der Waals surface area contributed by atoms with Gasteiger partial charge in [-0.1, -0.05) is 297 Å². The van der Waals surface area contributed by atoms with Crippen LogP contribution in [0.5, 0.6) is 0 Å². The average Bonchev–Trinajstić information content (AvgIpc) is 3.18. The van der Waals surface area contributed by atoms with Gasteiger partial charge in [0.25, 0.3) is 0 Å². The molecule has 0 atom stereocenters. The first-order valence-electron chi connectivity index (χ1n) is 26.2. The van der Waals surface area contributed by atoms with Crippen molar-refractivity contribution in [2.75, 3.05) is 6.61 Å². The van der Waals surface area contributed by atoms with Gasteiger partial charge >= 0.3 is 0 Å². The molecule has 0 aromatic rings. The van der Waals surface area contributed by atoms with E-state index in [0.717, 1.165) is 0 Å². The van der Waals surface area contributed by atoms with Crippen molar-refractivity contribution in [3.63, 3.8) is 0 Å². The van der Waals surface area contributed by atoms with E-state index in [0.29, 0.717) is 0 Å². The summed E-state index contributed by atoms with van der Waals surface area (Å²) in [6.07, 6.45) is 53.3. The fraction of sp³-hybridized carbons (Fsp3) is 1.00. The van der Waals surface area contributed by atoms with Gasteiger partial charge in [0.05, 0.1) is 14.7 Å². The quantitative estimate of drug-likeness (QED) is 0.0441. The first kappa shape index (κ1) is 52.6. The van der Waals surface area contributed by atoms with Crippen molar-refractivity contribution in [2.24, 2.45) is 0 Å². The van der Waals surface area contributed by atoms with Crippen molar-refractivity contribution in [2.45, 2.75) is 315 Å². The second-order valence-corrected chi connectivity index (χ2v) is 42.7. The zero-order valence-corrected chi connectivity index (χ0v) is 42.0. The van der Waals surface area contributed by atoms with Crippen molar-refractivity contribution >= 4 is 22.5 Å². The number of rotatable bonds is 42. The molecular weight excluding hydrogens is 701 g/mol. The molecule has 1 saturated heterocycles. The van der Waals surface area contributed by atoms with Crippen LogP contribution in [0.2, 0.25) is 42.3 Å². The van der Waals surface area contributed by atoms with Crippen LogP contribution >= 0.6 is 0 Å². The molecule has 1 nitrogen and oxygen atoms in total. The monoisotopic (exact) mass is 807 g/mol. The Morgan fingerprint density at radius 1 is 0.278 bits per heavy atom. The highest BCUT2D eigenvalue weighted by Crippen LogP contribution is 2.53. The minimum Gasteiger partial charge on any atom is -0.420 e. The van der Waals surface area contributed by atoms with Gasteiger partial charge in [0.15, 0.2) is 7.83 Å². The average molecular weight is 808 g/mol. The van der Waals surface area contributed by atoms with Crippen LogP contribution in [-0.2, 0) is 4.43 Å². The minimum atomic E-state index is -1.85. The number of unbranched alkanes of at least 4 members (excludes halogenated alkanes) is 30. The van der Waals surface area contributed by atoms with Gasteiger partial charge in [-0.25, -0.2) is 0 Å². The second-order valence-electron chi connectivity index (χ2n) is 19.1. The molecular formula is C50H106OSi3. The first-order chi connectivity index (χ1) is 26.6. The van der Waals surface area contributed by atoms with Crippen molar-refractivity contribution < 1.29 is 4.43 Å². The summed E-state index contributed by atoms with van der Waals surface area (Å²) in [4.78, 5) is 0. The van der Waals surface area contributed by atoms with E-state index in [-0.39, 0.29) is 0 Å². The van der Waals surface area contributed by atoms with Crippen LogP contribution < -0.4 is 0 Å². The van der Waals surface area contributed by atoms with E-state index >= 15 is 0 Å². The molecule has 324 valence electrons. The van der Waals surface area contributed by atoms with E-state index in [2.05, 4.69) is 41.5 Å². The third-order valence-electron chi connectivity index (χ3n) is 14.6. The Bertz CT molecular complexity index is 677. The Labute approximate surface area is 347 Å². The standard InChI is InChI=1S/C50H106OSi3/c1-7-13-19-25-31-37-44-52(45-38-32-26-20-14-8-2)50-43-51-53(46-39-33-27-21-15-9-3,47-40-34-28-22-16-10-4)54(52,48-41-35-29-23-17-11-5)49-42-36-30-24-18-12-6/h7-50H2,1-6H3. The van der Waals surface area contributed by atoms with Crippen molar-refractivity contribution in [3.8, 4) is 0 Å². The predicted molar refractivity (Wildman–Crippen MR) is 257 cm³/mol. The smallest absolute Gasteiger partial charge is 0.177 e. The fourth-order valence-corrected chi connectivity index (χ4v) is 61.5. The van der Waals surface area contributed by atoms with Crippen LogP contribution in [0.15, 0.2) is 0 Å². The molecule has 1 rings (SSSR count). The van der Waals surface area contributed by atoms with Crippen molar-refractivity contribution in [1.29, 1.82) is 0 Å². The molecule has 0 N–H and O–H groups in total. The van der Waals surface area contributed by atoms with Gasteiger partial charge in [-0.3, -0.25) is 0 Å². The van der Waals surface area contributed by atoms with E-state index in [4.69, 9.17) is 4.43 Å². The predicted octanol–water partition coefficient (Wildman–Crippen LogP) is 19.2. The summed E-state index contributed by atoms with van der Waals surface area (Å²) in [7, 11) is -4.94. The zero-order valence-electron chi connectivity index (χ0n) is 39.0. The van der Waals surface area contributed by atoms with Gasteiger partial charge in [-0.15, -0.1) is 0 Å². The summed E-state index contributed by atoms with van der Waals surface area (Å²) < 4.78 is 7.94. The molecule has 1 fully saturated rings. The number of hydrogen-bond acceptors (Lipinski definition) is 1. The fourth-order valence-electron chi connectivity index (χ4n) is 11.3. The third-order valence-corrected chi connectivity index (χ3v) is 55.1. The van der Waals surface area contributed by atoms with Crippen molar-refractivity contribution in [1.82, 2.24) is 0 Å². The topological polar surface area (TPSA) is 9.23 Å². The maximum atomic E-state index is 7.94. The summed E-state index contributed by atoms with van der Waals surface area (Å²) in [5, 5.41) is 0. The van der Waals surface area contributed by atoms with Crippen LogP contribution in [0.1, 0.15) is 273 Å². The summed E-state index contributed by atoms with van der Waals surface area (Å²) in [6.45, 7) is 15.6. The molecule has 0 aliphatic carbocycles. The third kappa shape index (κ3) is 21.6. The van der Waals surface area contributed by atoms with Gasteiger partial charge in [0.2, 0.25) is 0 Å². The van der Waals surface area contributed by atoms with Gasteiger partial charge in [-0.05, 0) is 18.1 Å². The normalized spacial score (nSPS) is 16.3. The van der Waals surface area contributed by atoms with Crippen LogP contribution in [0.3, 0.4) is 0 Å². The van der Waals surface area contributed by atoms with E-state index in [9.17, 15) is 0 Å². The Morgan fingerprint density at radius 2 is 0.519 bits per heavy atom. The lowest BCUT2D eigenvalue weighted by atomic mass is 10.1. The lowest BCUT2D eigenvalue weighted by molar-refractivity contribution is 0.321. The van der Waals surface area contributed by atoms with E-state index in [1.807, 2.05) is 0 Å². The number of hydrogen-bond donors (Lipinski definition) is 0. The molecule has 0 aromatic heterocycles. The Kier molecular flexibility index (Phi) is 35.7. The van der Waals surface area contributed by atoms with Crippen LogP contribution in [-0.4, -0.2) is 29.1 Å². The lowest BCUT2D eigenvalue weighted by Gasteiger charge is -2.62. The summed E-state index contributed by atoms with van der Waals surface area (Å²) in [6, 6.07) is 11.7. The Morgan fingerprint density at radius 3 is 0.815 bits per heavy atom. The SMILES string of the molecule is CCCCCCCC[Si]1(CCCCCCCC)CCO[Si](CCCCCCCC)(CCCCCCCC)[Si]1(CCCCCCCC)CCCCCCCC. The molecule has 1 aliphatic rings. The van der Waals surface area contributed by atoms with Crippen LogP contribution in [0, 0.1) is 0 Å². The molecule has 0 aromatic carbocycles. The highest BCUT2D eigenvalue weighted by molar-refractivity contribution is 7.69. The second kappa shape index (κ2) is 36.7. The van der Waals surface area contributed by atoms with Gasteiger partial charge in [0, 0.05) is 6.61 Å². The molecule has 1 heterocycles. The maximum Gasteiger partial charge on any atom is 0.177 e. The summed E-state index contributed by atoms with van der Waals surface area (Å²) in [5.74, 6) is 0. The molecule has 4 heteroatoms. The Hall–Kier alpha value is 0.611. The van der Waals surface area contributed by atoms with Crippen LogP contribution in [0.25, 0.3) is 0 Å². The Balaban J connectivity index is 3.70. The highest BCUT2D eigenvalue weighted by Gasteiger charge is 2.67. The summed E-state index contributed by atoms with van der Waals surface area (Å²) >= 11 is 0. The van der Waals surface area contributed by atoms with Gasteiger partial charge in [0.1, 0.15) is 0 Å². The molecule has 0 amide bonds. The maximum absolute atomic E-state index is 7.94. The molecule has 54 heavy (non-hydrogen) atoms. The molecule has 1 aliphatic heterocycles. The van der Waals surface area contributed by atoms with E-state index in [1.54, 1.807) is 68.0 Å². The van der Waals surface area contributed by atoms with E-state index < -0.39 is 22.5 Å². The minimum absolute atomic E-state index is 1.21. The van der Waals surface area contributed by atoms with Crippen molar-refractivity contribution in [3.05, 3.63) is 0 Å². The largest absolute Gasteiger partial charge is 0.420 e.